The molecule has 0 heterocycles. The van der Waals surface area contributed by atoms with E-state index in [4.69, 9.17) is 9.47 Å². The van der Waals surface area contributed by atoms with E-state index in [0.717, 1.165) is 22.6 Å². The summed E-state index contributed by atoms with van der Waals surface area (Å²) in [6, 6.07) is 15.5. The molecule has 1 atom stereocenters. The molecule has 2 N–H and O–H groups in total. The third-order valence-electron chi connectivity index (χ3n) is 3.35. The summed E-state index contributed by atoms with van der Waals surface area (Å²) in [6.45, 7) is 0.665. The van der Waals surface area contributed by atoms with Crippen LogP contribution in [0.4, 0.5) is 0 Å². The molecule has 0 aliphatic heterocycles. The molecule has 0 bridgehead atoms. The number of aliphatic hydroxyl groups is 1. The molecule has 0 spiro atoms. The Labute approximate surface area is 125 Å². The van der Waals surface area contributed by atoms with E-state index >= 15 is 0 Å². The maximum atomic E-state index is 9.55. The fourth-order valence-corrected chi connectivity index (χ4v) is 2.18. The Hall–Kier alpha value is -2.04. The summed E-state index contributed by atoms with van der Waals surface area (Å²) < 4.78 is 10.5. The van der Waals surface area contributed by atoms with E-state index in [0.29, 0.717) is 6.54 Å². The van der Waals surface area contributed by atoms with Gasteiger partial charge in [-0.05, 0) is 23.3 Å². The molecule has 0 radical (unpaired) electrons. The smallest absolute Gasteiger partial charge is 0.122 e. The van der Waals surface area contributed by atoms with Gasteiger partial charge in [-0.25, -0.2) is 0 Å². The Kier molecular flexibility index (Phi) is 5.60. The number of methoxy groups -OCH3 is 2. The number of aliphatic hydroxyl groups excluding tert-OH is 1. The van der Waals surface area contributed by atoms with Crippen LogP contribution in [0.3, 0.4) is 0 Å². The molecule has 0 saturated carbocycles. The third-order valence-corrected chi connectivity index (χ3v) is 3.35. The Morgan fingerprint density at radius 3 is 2.14 bits per heavy atom. The minimum Gasteiger partial charge on any atom is -0.497 e. The van der Waals surface area contributed by atoms with Crippen LogP contribution < -0.4 is 14.8 Å². The summed E-state index contributed by atoms with van der Waals surface area (Å²) in [6.07, 6.45) is 0. The van der Waals surface area contributed by atoms with E-state index in [2.05, 4.69) is 5.32 Å². The Morgan fingerprint density at radius 2 is 1.62 bits per heavy atom. The van der Waals surface area contributed by atoms with E-state index in [1.165, 1.54) is 0 Å². The lowest BCUT2D eigenvalue weighted by atomic mass is 10.1. The van der Waals surface area contributed by atoms with Gasteiger partial charge in [-0.3, -0.25) is 0 Å². The van der Waals surface area contributed by atoms with Crippen LogP contribution in [-0.2, 0) is 6.54 Å². The van der Waals surface area contributed by atoms with Gasteiger partial charge in [-0.15, -0.1) is 0 Å². The van der Waals surface area contributed by atoms with Crippen LogP contribution in [0.5, 0.6) is 11.5 Å². The van der Waals surface area contributed by atoms with Crippen molar-refractivity contribution in [2.75, 3.05) is 20.8 Å². The van der Waals surface area contributed by atoms with Gasteiger partial charge in [0.25, 0.3) is 0 Å². The van der Waals surface area contributed by atoms with E-state index in [-0.39, 0.29) is 12.6 Å². The number of benzene rings is 2. The lowest BCUT2D eigenvalue weighted by molar-refractivity contribution is 0.243. The van der Waals surface area contributed by atoms with Crippen LogP contribution in [-0.4, -0.2) is 25.9 Å². The van der Waals surface area contributed by atoms with Crippen molar-refractivity contribution in [3.63, 3.8) is 0 Å². The highest BCUT2D eigenvalue weighted by Crippen LogP contribution is 2.23. The summed E-state index contributed by atoms with van der Waals surface area (Å²) in [5, 5.41) is 12.9. The predicted molar refractivity (Wildman–Crippen MR) is 82.7 cm³/mol. The fraction of sp³-hybridized carbons (Fsp3) is 0.294. The minimum atomic E-state index is -0.0941. The number of rotatable bonds is 7. The maximum Gasteiger partial charge on any atom is 0.122 e. The summed E-state index contributed by atoms with van der Waals surface area (Å²) in [5.41, 5.74) is 2.11. The highest BCUT2D eigenvalue weighted by atomic mass is 16.5. The highest BCUT2D eigenvalue weighted by Gasteiger charge is 2.10. The van der Waals surface area contributed by atoms with Crippen molar-refractivity contribution in [1.29, 1.82) is 0 Å². The number of hydrogen-bond acceptors (Lipinski definition) is 4. The van der Waals surface area contributed by atoms with E-state index in [9.17, 15) is 5.11 Å². The van der Waals surface area contributed by atoms with Crippen LogP contribution in [0.25, 0.3) is 0 Å². The zero-order valence-electron chi connectivity index (χ0n) is 12.4. The molecule has 4 heteroatoms. The summed E-state index contributed by atoms with van der Waals surface area (Å²) in [7, 11) is 3.26. The molecule has 2 aromatic rings. The topological polar surface area (TPSA) is 50.7 Å². The van der Waals surface area contributed by atoms with Gasteiger partial charge in [0, 0.05) is 12.6 Å². The van der Waals surface area contributed by atoms with Crippen molar-refractivity contribution >= 4 is 0 Å². The average Bonchev–Trinajstić information content (AvgIpc) is 2.56. The standard InChI is InChI=1S/C17H21NO3/c1-20-15-8-13(9-16(10-15)21-2)11-18-17(12-19)14-6-4-3-5-7-14/h3-10,17-19H,11-12H2,1-2H3/t17-/m0/s1. The Bertz CT molecular complexity index is 535. The SMILES string of the molecule is COc1cc(CN[C@@H](CO)c2ccccc2)cc(OC)c1. The lowest BCUT2D eigenvalue weighted by Crippen LogP contribution is -2.23. The molecule has 112 valence electrons. The van der Waals surface area contributed by atoms with Crippen molar-refractivity contribution in [3.05, 3.63) is 59.7 Å². The third kappa shape index (κ3) is 4.21. The first-order valence-corrected chi connectivity index (χ1v) is 6.88. The van der Waals surface area contributed by atoms with Crippen molar-refractivity contribution in [2.45, 2.75) is 12.6 Å². The monoisotopic (exact) mass is 287 g/mol. The Balaban J connectivity index is 2.07. The molecule has 4 nitrogen and oxygen atoms in total. The molecule has 0 aliphatic rings. The average molecular weight is 287 g/mol. The van der Waals surface area contributed by atoms with Gasteiger partial charge >= 0.3 is 0 Å². The second-order valence-electron chi connectivity index (χ2n) is 4.75. The van der Waals surface area contributed by atoms with Gasteiger partial charge in [0.05, 0.1) is 26.9 Å². The minimum absolute atomic E-state index is 0.0467. The molecular formula is C17H21NO3. The fourth-order valence-electron chi connectivity index (χ4n) is 2.18. The number of hydrogen-bond donors (Lipinski definition) is 2. The van der Waals surface area contributed by atoms with Crippen LogP contribution in [0, 0.1) is 0 Å². The van der Waals surface area contributed by atoms with E-state index in [1.54, 1.807) is 14.2 Å². The molecular weight excluding hydrogens is 266 g/mol. The van der Waals surface area contributed by atoms with Crippen molar-refractivity contribution in [3.8, 4) is 11.5 Å². The van der Waals surface area contributed by atoms with Crippen LogP contribution in [0.15, 0.2) is 48.5 Å². The molecule has 0 fully saturated rings. The molecule has 0 unspecified atom stereocenters. The summed E-state index contributed by atoms with van der Waals surface area (Å²) in [5.74, 6) is 1.51. The maximum absolute atomic E-state index is 9.55. The molecule has 0 saturated heterocycles. The predicted octanol–water partition coefficient (Wildman–Crippen LogP) is 2.53. The van der Waals surface area contributed by atoms with Crippen molar-refractivity contribution in [1.82, 2.24) is 5.32 Å². The zero-order chi connectivity index (χ0) is 15.1. The molecule has 0 aliphatic carbocycles. The van der Waals surface area contributed by atoms with E-state index < -0.39 is 0 Å². The first-order chi connectivity index (χ1) is 10.3. The number of nitrogens with one attached hydrogen (secondary N) is 1. The quantitative estimate of drug-likeness (QED) is 0.821. The second-order valence-corrected chi connectivity index (χ2v) is 4.75. The first kappa shape index (κ1) is 15.4. The van der Waals surface area contributed by atoms with Crippen molar-refractivity contribution in [2.24, 2.45) is 0 Å². The van der Waals surface area contributed by atoms with Crippen LogP contribution >= 0.6 is 0 Å². The molecule has 0 aromatic heterocycles. The van der Waals surface area contributed by atoms with Gasteiger partial charge in [0.15, 0.2) is 0 Å². The zero-order valence-corrected chi connectivity index (χ0v) is 12.4. The van der Waals surface area contributed by atoms with Gasteiger partial charge in [0.1, 0.15) is 11.5 Å². The van der Waals surface area contributed by atoms with Gasteiger partial charge in [0.2, 0.25) is 0 Å². The van der Waals surface area contributed by atoms with E-state index in [1.807, 2.05) is 48.5 Å². The second kappa shape index (κ2) is 7.67. The van der Waals surface area contributed by atoms with Crippen LogP contribution in [0.1, 0.15) is 17.2 Å². The molecule has 2 rings (SSSR count). The van der Waals surface area contributed by atoms with Crippen LogP contribution in [0.2, 0.25) is 0 Å². The number of ether oxygens (including phenoxy) is 2. The Morgan fingerprint density at radius 1 is 1.00 bits per heavy atom. The summed E-state index contributed by atoms with van der Waals surface area (Å²) >= 11 is 0. The highest BCUT2D eigenvalue weighted by molar-refractivity contribution is 5.38. The first-order valence-electron chi connectivity index (χ1n) is 6.88. The lowest BCUT2D eigenvalue weighted by Gasteiger charge is -2.17. The van der Waals surface area contributed by atoms with Gasteiger partial charge in [-0.1, -0.05) is 30.3 Å². The van der Waals surface area contributed by atoms with Gasteiger partial charge < -0.3 is 19.9 Å². The largest absolute Gasteiger partial charge is 0.497 e. The van der Waals surface area contributed by atoms with Crippen molar-refractivity contribution < 1.29 is 14.6 Å². The molecule has 2 aromatic carbocycles. The normalized spacial score (nSPS) is 12.0. The summed E-state index contributed by atoms with van der Waals surface area (Å²) in [4.78, 5) is 0. The molecule has 21 heavy (non-hydrogen) atoms. The molecule has 0 amide bonds. The van der Waals surface area contributed by atoms with Gasteiger partial charge in [-0.2, -0.15) is 0 Å².